The van der Waals surface area contributed by atoms with Crippen molar-refractivity contribution in [2.75, 3.05) is 73.9 Å². The molecule has 19 heteroatoms. The summed E-state index contributed by atoms with van der Waals surface area (Å²) in [5.74, 6) is 4.70. The summed E-state index contributed by atoms with van der Waals surface area (Å²) in [6, 6.07) is 5.15. The lowest BCUT2D eigenvalue weighted by Gasteiger charge is -2.21. The Labute approximate surface area is 381 Å². The molecule has 4 N–H and O–H groups in total. The van der Waals surface area contributed by atoms with Gasteiger partial charge in [0.05, 0.1) is 0 Å². The molecule has 0 radical (unpaired) electrons. The van der Waals surface area contributed by atoms with E-state index in [1.165, 1.54) is 6.92 Å². The zero-order valence-electron chi connectivity index (χ0n) is 38.5. The van der Waals surface area contributed by atoms with Gasteiger partial charge in [0.25, 0.3) is 0 Å². The maximum Gasteiger partial charge on any atom is 0.407 e. The van der Waals surface area contributed by atoms with Gasteiger partial charge in [-0.1, -0.05) is 0 Å². The monoisotopic (exact) mass is 936 g/mol. The predicted molar refractivity (Wildman–Crippen MR) is 252 cm³/mol. The summed E-state index contributed by atoms with van der Waals surface area (Å²) in [4.78, 5) is 61.2. The number of amides is 4. The Morgan fingerprint density at radius 2 is 0.787 bits per heavy atom. The molecule has 2 unspecified atom stereocenters. The van der Waals surface area contributed by atoms with Gasteiger partial charge < -0.3 is 49.7 Å². The van der Waals surface area contributed by atoms with Gasteiger partial charge in [0.2, 0.25) is 0 Å². The Kier molecular flexibility index (Phi) is 25.6. The Morgan fingerprint density at radius 3 is 1.07 bits per heavy atom. The molecule has 1 aromatic rings. The minimum absolute atomic E-state index is 0.00535. The number of ketones is 1. The van der Waals surface area contributed by atoms with Gasteiger partial charge in [-0.05, 0) is 102 Å². The third kappa shape index (κ3) is 32.3. The van der Waals surface area contributed by atoms with Gasteiger partial charge in [0.1, 0.15) is 47.1 Å². The van der Waals surface area contributed by atoms with Crippen LogP contribution >= 0.6 is 47.0 Å². The molecule has 61 heavy (non-hydrogen) atoms. The molecule has 0 aliphatic heterocycles. The van der Waals surface area contributed by atoms with E-state index in [9.17, 15) is 24.0 Å². The van der Waals surface area contributed by atoms with Crippen molar-refractivity contribution in [3.05, 3.63) is 23.8 Å². The molecule has 0 spiro atoms. The van der Waals surface area contributed by atoms with Crippen molar-refractivity contribution in [3.8, 4) is 11.5 Å². The molecule has 0 saturated heterocycles. The molecule has 1 rings (SSSR count). The normalized spacial score (nSPS) is 12.9. The highest BCUT2D eigenvalue weighted by molar-refractivity contribution is 8.03. The van der Waals surface area contributed by atoms with Crippen molar-refractivity contribution in [2.24, 2.45) is 0 Å². The number of Topliss-reactive ketones (excluding diaryl/α,β-unsaturated/α-hetero) is 1. The van der Waals surface area contributed by atoms with Crippen LogP contribution < -0.4 is 30.7 Å². The largest absolute Gasteiger partial charge is 0.492 e. The van der Waals surface area contributed by atoms with E-state index in [2.05, 4.69) is 21.3 Å². The number of rotatable bonds is 25. The first kappa shape index (κ1) is 56.0. The van der Waals surface area contributed by atoms with Crippen molar-refractivity contribution in [2.45, 2.75) is 123 Å². The van der Waals surface area contributed by atoms with E-state index in [4.69, 9.17) is 28.4 Å². The van der Waals surface area contributed by atoms with Crippen LogP contribution in [-0.2, 0) is 18.9 Å². The molecule has 4 amide bonds. The van der Waals surface area contributed by atoms with Gasteiger partial charge in [0, 0.05) is 82.8 Å². The zero-order valence-corrected chi connectivity index (χ0v) is 41.8. The second-order valence-electron chi connectivity index (χ2n) is 17.7. The van der Waals surface area contributed by atoms with Crippen LogP contribution in [0.15, 0.2) is 18.2 Å². The summed E-state index contributed by atoms with van der Waals surface area (Å²) in [6.45, 7) is 25.5. The minimum atomic E-state index is -0.601. The van der Waals surface area contributed by atoms with Crippen molar-refractivity contribution in [3.63, 3.8) is 0 Å². The molecular formula is C42H72N4O11S4. The summed E-state index contributed by atoms with van der Waals surface area (Å²) in [6.07, 6.45) is -1.90. The maximum atomic E-state index is 12.6. The minimum Gasteiger partial charge on any atom is -0.492 e. The van der Waals surface area contributed by atoms with E-state index in [-0.39, 0.29) is 16.3 Å². The zero-order chi connectivity index (χ0) is 46.3. The first-order valence-corrected chi connectivity index (χ1v) is 24.8. The van der Waals surface area contributed by atoms with E-state index in [0.717, 1.165) is 0 Å². The van der Waals surface area contributed by atoms with Crippen LogP contribution in [0.5, 0.6) is 11.5 Å². The van der Waals surface area contributed by atoms with Gasteiger partial charge in [-0.2, -0.15) is 47.0 Å². The highest BCUT2D eigenvalue weighted by atomic mass is 32.2. The second kappa shape index (κ2) is 27.9. The van der Waals surface area contributed by atoms with Crippen molar-refractivity contribution >= 4 is 77.2 Å². The maximum absolute atomic E-state index is 12.6. The highest BCUT2D eigenvalue weighted by Crippen LogP contribution is 2.27. The van der Waals surface area contributed by atoms with Crippen molar-refractivity contribution in [1.29, 1.82) is 0 Å². The quantitative estimate of drug-likeness (QED) is 0.0415. The summed E-state index contributed by atoms with van der Waals surface area (Å²) in [5.41, 5.74) is -1.93. The Morgan fingerprint density at radius 1 is 0.492 bits per heavy atom. The summed E-state index contributed by atoms with van der Waals surface area (Å²) in [5, 5.41) is 11.1. The average Bonchev–Trinajstić information content (AvgIpc) is 3.08. The predicted octanol–water partition coefficient (Wildman–Crippen LogP) is 8.42. The summed E-state index contributed by atoms with van der Waals surface area (Å²) in [7, 11) is 0. The van der Waals surface area contributed by atoms with Crippen LogP contribution in [0.1, 0.15) is 100 Å². The average molecular weight is 937 g/mol. The molecule has 0 heterocycles. The fraction of sp³-hybridized carbons (Fsp3) is 0.738. The van der Waals surface area contributed by atoms with E-state index in [0.29, 0.717) is 91.0 Å². The first-order chi connectivity index (χ1) is 28.2. The molecule has 350 valence electrons. The van der Waals surface area contributed by atoms with Crippen LogP contribution in [0, 0.1) is 0 Å². The van der Waals surface area contributed by atoms with E-state index in [1.807, 2.05) is 83.1 Å². The summed E-state index contributed by atoms with van der Waals surface area (Å²) < 4.78 is 34.0. The highest BCUT2D eigenvalue weighted by Gasteiger charge is 2.20. The molecule has 1 aromatic carbocycles. The number of carbonyl (C=O) groups is 5. The van der Waals surface area contributed by atoms with E-state index < -0.39 is 46.8 Å². The fourth-order valence-electron chi connectivity index (χ4n) is 4.50. The standard InChI is InChI=1S/C42H72N4O11S4/c1-29(47)30-22-31(52-25-33(60-20-16-45-37(50)56-41(8,9)10)27-58-18-14-43-35(48)54-39(2,3)4)24-32(23-30)53-26-34(61-21-17-46-38(51)57-42(11,12)13)28-59-19-15-44-36(49)55-40(5,6)7/h22-24,33-34H,14-21,25-28H2,1-13H3,(H,43,48)(H,44,49)(H,45,50)(H,46,51). The van der Waals surface area contributed by atoms with Gasteiger partial charge >= 0.3 is 24.4 Å². The summed E-state index contributed by atoms with van der Waals surface area (Å²) >= 11 is 6.57. The van der Waals surface area contributed by atoms with Gasteiger partial charge in [-0.3, -0.25) is 4.79 Å². The number of hydrogen-bond acceptors (Lipinski definition) is 15. The van der Waals surface area contributed by atoms with Crippen LogP contribution in [0.4, 0.5) is 19.2 Å². The first-order valence-electron chi connectivity index (χ1n) is 20.4. The van der Waals surface area contributed by atoms with Crippen molar-refractivity contribution in [1.82, 2.24) is 21.3 Å². The lowest BCUT2D eigenvalue weighted by atomic mass is 10.1. The molecule has 0 aliphatic rings. The van der Waals surface area contributed by atoms with Gasteiger partial charge in [-0.15, -0.1) is 0 Å². The molecule has 0 bridgehead atoms. The lowest BCUT2D eigenvalue weighted by Crippen LogP contribution is -2.34. The molecule has 0 aromatic heterocycles. The SMILES string of the molecule is CC(=O)c1cc(OCC(CSCCNC(=O)OC(C)(C)C)SCCNC(=O)OC(C)(C)C)cc(OCC(CSCCNC(=O)OC(C)(C)C)SCCNC(=O)OC(C)(C)C)c1. The van der Waals surface area contributed by atoms with Gasteiger partial charge in [-0.25, -0.2) is 19.2 Å². The fourth-order valence-corrected chi connectivity index (χ4v) is 8.83. The van der Waals surface area contributed by atoms with E-state index in [1.54, 1.807) is 65.2 Å². The molecule has 2 atom stereocenters. The topological polar surface area (TPSA) is 189 Å². The molecular weight excluding hydrogens is 865 g/mol. The number of thioether (sulfide) groups is 4. The Bertz CT molecular complexity index is 1410. The van der Waals surface area contributed by atoms with Gasteiger partial charge in [0.15, 0.2) is 5.78 Å². The van der Waals surface area contributed by atoms with Crippen molar-refractivity contribution < 1.29 is 52.4 Å². The molecule has 0 fully saturated rings. The smallest absolute Gasteiger partial charge is 0.407 e. The number of nitrogens with one attached hydrogen (secondary N) is 4. The number of hydrogen-bond donors (Lipinski definition) is 4. The molecule has 0 aliphatic carbocycles. The molecule has 15 nitrogen and oxygen atoms in total. The van der Waals surface area contributed by atoms with Crippen LogP contribution in [0.3, 0.4) is 0 Å². The van der Waals surface area contributed by atoms with Crippen LogP contribution in [-0.4, -0.2) is 137 Å². The Balaban J connectivity index is 3.00. The lowest BCUT2D eigenvalue weighted by molar-refractivity contribution is 0.0519. The second-order valence-corrected chi connectivity index (χ2v) is 22.8. The third-order valence-corrected chi connectivity index (χ3v) is 12.0. The number of alkyl carbamates (subject to hydrolysis) is 4. The number of carbonyl (C=O) groups excluding carboxylic acids is 5. The Hall–Kier alpha value is -3.03. The van der Waals surface area contributed by atoms with E-state index >= 15 is 0 Å². The third-order valence-electron chi connectivity index (χ3n) is 6.84. The molecule has 0 saturated carbocycles. The van der Waals surface area contributed by atoms with Crippen LogP contribution in [0.25, 0.3) is 0 Å². The number of benzene rings is 1. The van der Waals surface area contributed by atoms with Crippen LogP contribution in [0.2, 0.25) is 0 Å². The number of ether oxygens (including phenoxy) is 6.